The van der Waals surface area contributed by atoms with Crippen LogP contribution in [-0.2, 0) is 23.7 Å². The molecule has 200 valence electrons. The van der Waals surface area contributed by atoms with Crippen molar-refractivity contribution in [1.82, 2.24) is 0 Å². The zero-order chi connectivity index (χ0) is 26.1. The van der Waals surface area contributed by atoms with Gasteiger partial charge in [0.25, 0.3) is 0 Å². The van der Waals surface area contributed by atoms with Crippen molar-refractivity contribution in [3.8, 4) is 17.2 Å². The number of hydrogen-bond donors (Lipinski definition) is 1. The summed E-state index contributed by atoms with van der Waals surface area (Å²) in [4.78, 5) is 12.9. The molecule has 0 radical (unpaired) electrons. The molecular formula is C27H39NO8. The Hall–Kier alpha value is -2.49. The average molecular weight is 506 g/mol. The van der Waals surface area contributed by atoms with E-state index in [1.807, 2.05) is 0 Å². The molecule has 0 bridgehead atoms. The fourth-order valence-electron chi connectivity index (χ4n) is 5.64. The van der Waals surface area contributed by atoms with Crippen LogP contribution in [0.4, 0.5) is 5.69 Å². The van der Waals surface area contributed by atoms with E-state index in [2.05, 4.69) is 32.2 Å². The Bertz CT molecular complexity index is 961. The largest absolute Gasteiger partial charge is 0.493 e. The normalized spacial score (nSPS) is 32.4. The molecule has 9 heteroatoms. The van der Waals surface area contributed by atoms with Gasteiger partial charge in [0, 0.05) is 24.9 Å². The van der Waals surface area contributed by atoms with Gasteiger partial charge in [0.05, 0.1) is 40.0 Å². The summed E-state index contributed by atoms with van der Waals surface area (Å²) in [6, 6.07) is 3.49. The average Bonchev–Trinajstić information content (AvgIpc) is 3.78. The fourth-order valence-corrected chi connectivity index (χ4v) is 5.64. The van der Waals surface area contributed by atoms with E-state index < -0.39 is 0 Å². The van der Waals surface area contributed by atoms with Crippen molar-refractivity contribution in [2.75, 3.05) is 46.9 Å². The third-order valence-electron chi connectivity index (χ3n) is 7.62. The molecule has 36 heavy (non-hydrogen) atoms. The summed E-state index contributed by atoms with van der Waals surface area (Å²) in [7, 11) is 6.31. The van der Waals surface area contributed by atoms with Crippen LogP contribution in [0.15, 0.2) is 23.8 Å². The Labute approximate surface area is 213 Å². The van der Waals surface area contributed by atoms with E-state index in [4.69, 9.17) is 33.2 Å². The molecule has 1 aromatic rings. The quantitative estimate of drug-likeness (QED) is 0.274. The third-order valence-corrected chi connectivity index (χ3v) is 7.62. The minimum Gasteiger partial charge on any atom is -0.493 e. The second-order valence-electron chi connectivity index (χ2n) is 10.2. The molecule has 1 N–H and O–H groups in total. The van der Waals surface area contributed by atoms with Crippen molar-refractivity contribution in [3.63, 3.8) is 0 Å². The number of carbonyl (C=O) groups excluding carboxylic acids is 1. The van der Waals surface area contributed by atoms with Crippen LogP contribution in [0.25, 0.3) is 0 Å². The van der Waals surface area contributed by atoms with Crippen LogP contribution in [0.1, 0.15) is 40.0 Å². The molecule has 0 amide bonds. The molecule has 4 rings (SSSR count). The first-order valence-electron chi connectivity index (χ1n) is 12.4. The van der Waals surface area contributed by atoms with Crippen molar-refractivity contribution in [2.24, 2.45) is 5.92 Å². The fraction of sp³-hybridized carbons (Fsp3) is 0.667. The van der Waals surface area contributed by atoms with Crippen LogP contribution in [0, 0.1) is 5.92 Å². The van der Waals surface area contributed by atoms with Crippen LogP contribution < -0.4 is 19.5 Å². The van der Waals surface area contributed by atoms with E-state index in [9.17, 15) is 4.79 Å². The van der Waals surface area contributed by atoms with Gasteiger partial charge in [-0.1, -0.05) is 11.6 Å². The molecule has 9 nitrogen and oxygen atoms in total. The van der Waals surface area contributed by atoms with Crippen LogP contribution >= 0.6 is 0 Å². The number of nitrogens with one attached hydrogen (secondary N) is 1. The van der Waals surface area contributed by atoms with Crippen LogP contribution in [-0.4, -0.2) is 77.1 Å². The van der Waals surface area contributed by atoms with E-state index in [0.29, 0.717) is 36.0 Å². The SMILES string of the molecule is COc1cc(NCC(=O)OC2CCC3(CO3)C(C3(C)OC3CC=C(C)C)C2OC)cc(OC)c1OC. The van der Waals surface area contributed by atoms with Crippen LogP contribution in [0.2, 0.25) is 0 Å². The maximum Gasteiger partial charge on any atom is 0.325 e. The Morgan fingerprint density at radius 3 is 2.33 bits per heavy atom. The molecule has 6 atom stereocenters. The zero-order valence-corrected chi connectivity index (χ0v) is 22.3. The van der Waals surface area contributed by atoms with Gasteiger partial charge in [-0.05, 0) is 40.0 Å². The number of hydrogen-bond acceptors (Lipinski definition) is 9. The molecule has 2 aliphatic heterocycles. The summed E-state index contributed by atoms with van der Waals surface area (Å²) in [5.74, 6) is 1.10. The second-order valence-corrected chi connectivity index (χ2v) is 10.2. The van der Waals surface area contributed by atoms with Gasteiger partial charge in [-0.2, -0.15) is 0 Å². The third kappa shape index (κ3) is 5.14. The monoisotopic (exact) mass is 505 g/mol. The van der Waals surface area contributed by atoms with Gasteiger partial charge in [0.1, 0.15) is 30.0 Å². The van der Waals surface area contributed by atoms with E-state index in [0.717, 1.165) is 12.8 Å². The van der Waals surface area contributed by atoms with Gasteiger partial charge >= 0.3 is 5.97 Å². The number of allylic oxidation sites excluding steroid dienone is 1. The zero-order valence-electron chi connectivity index (χ0n) is 22.3. The standard InChI is InChI=1S/C27H39NO8/c1-16(2)8-9-21-26(3,36-21)25-24(33-7)18(10-11-27(25)15-34-27)35-22(29)14-28-17-12-19(30-4)23(32-6)20(13-17)31-5/h8,12-13,18,21,24-25,28H,9-11,14-15H2,1-7H3. The maximum atomic E-state index is 12.9. The van der Waals surface area contributed by atoms with Crippen LogP contribution in [0.5, 0.6) is 17.2 Å². The molecule has 6 unspecified atom stereocenters. The summed E-state index contributed by atoms with van der Waals surface area (Å²) in [5, 5.41) is 3.10. The van der Waals surface area contributed by atoms with E-state index in [-0.39, 0.29) is 47.9 Å². The summed E-state index contributed by atoms with van der Waals surface area (Å²) in [6.07, 6.45) is 3.96. The highest BCUT2D eigenvalue weighted by atomic mass is 16.6. The molecule has 2 saturated heterocycles. The summed E-state index contributed by atoms with van der Waals surface area (Å²) < 4.78 is 40.2. The van der Waals surface area contributed by atoms with E-state index in [1.165, 1.54) is 5.57 Å². The smallest absolute Gasteiger partial charge is 0.325 e. The molecule has 1 spiro atoms. The predicted octanol–water partition coefficient (Wildman–Crippen LogP) is 3.74. The topological polar surface area (TPSA) is 100 Å². The van der Waals surface area contributed by atoms with Gasteiger partial charge in [-0.25, -0.2) is 0 Å². The van der Waals surface area contributed by atoms with Crippen LogP contribution in [0.3, 0.4) is 0 Å². The number of ether oxygens (including phenoxy) is 7. The number of methoxy groups -OCH3 is 4. The van der Waals surface area contributed by atoms with Crippen molar-refractivity contribution in [3.05, 3.63) is 23.8 Å². The number of esters is 1. The van der Waals surface area contributed by atoms with Crippen molar-refractivity contribution in [1.29, 1.82) is 0 Å². The Balaban J connectivity index is 1.42. The number of anilines is 1. The Kier molecular flexibility index (Phi) is 7.73. The first-order valence-corrected chi connectivity index (χ1v) is 12.4. The van der Waals surface area contributed by atoms with Crippen molar-refractivity contribution in [2.45, 2.75) is 69.5 Å². The van der Waals surface area contributed by atoms with Crippen molar-refractivity contribution >= 4 is 11.7 Å². The van der Waals surface area contributed by atoms with Gasteiger partial charge in [0.2, 0.25) is 5.75 Å². The van der Waals surface area contributed by atoms with Gasteiger partial charge in [-0.3, -0.25) is 4.79 Å². The first-order chi connectivity index (χ1) is 17.2. The summed E-state index contributed by atoms with van der Waals surface area (Å²) in [6.45, 7) is 6.98. The van der Waals surface area contributed by atoms with Gasteiger partial charge in [0.15, 0.2) is 11.5 Å². The molecule has 1 aliphatic carbocycles. The molecule has 2 heterocycles. The Morgan fingerprint density at radius 2 is 1.81 bits per heavy atom. The Morgan fingerprint density at radius 1 is 1.14 bits per heavy atom. The number of epoxide rings is 2. The molecule has 0 aromatic heterocycles. The number of rotatable bonds is 11. The summed E-state index contributed by atoms with van der Waals surface area (Å²) in [5.41, 5.74) is 1.29. The van der Waals surface area contributed by atoms with E-state index in [1.54, 1.807) is 40.6 Å². The van der Waals surface area contributed by atoms with Crippen molar-refractivity contribution < 1.29 is 38.0 Å². The van der Waals surface area contributed by atoms with Gasteiger partial charge in [-0.15, -0.1) is 0 Å². The minimum atomic E-state index is -0.380. The molecular weight excluding hydrogens is 466 g/mol. The highest BCUT2D eigenvalue weighted by Gasteiger charge is 2.72. The number of benzene rings is 1. The molecule has 1 saturated carbocycles. The lowest BCUT2D eigenvalue weighted by Gasteiger charge is -2.42. The second kappa shape index (κ2) is 10.5. The molecule has 1 aromatic carbocycles. The lowest BCUT2D eigenvalue weighted by Crippen LogP contribution is -2.55. The lowest BCUT2D eigenvalue weighted by molar-refractivity contribution is -0.170. The highest BCUT2D eigenvalue weighted by molar-refractivity contribution is 5.76. The maximum absolute atomic E-state index is 12.9. The molecule has 3 aliphatic rings. The molecule has 3 fully saturated rings. The van der Waals surface area contributed by atoms with Gasteiger partial charge < -0.3 is 38.5 Å². The minimum absolute atomic E-state index is 0.0137. The first kappa shape index (κ1) is 26.6. The predicted molar refractivity (Wildman–Crippen MR) is 134 cm³/mol. The van der Waals surface area contributed by atoms with E-state index >= 15 is 0 Å². The lowest BCUT2D eigenvalue weighted by atomic mass is 9.68. The number of carbonyl (C=O) groups is 1. The summed E-state index contributed by atoms with van der Waals surface area (Å²) >= 11 is 0. The highest BCUT2D eigenvalue weighted by Crippen LogP contribution is 2.59.